The van der Waals surface area contributed by atoms with Crippen LogP contribution in [0.15, 0.2) is 41.6 Å². The lowest BCUT2D eigenvalue weighted by atomic mass is 10.3. The lowest BCUT2D eigenvalue weighted by Gasteiger charge is -2.14. The summed E-state index contributed by atoms with van der Waals surface area (Å²) in [5.74, 6) is 1.34. The third-order valence-corrected chi connectivity index (χ3v) is 3.63. The predicted molar refractivity (Wildman–Crippen MR) is 87.3 cm³/mol. The van der Waals surface area contributed by atoms with E-state index in [1.165, 1.54) is 21.8 Å². The molecule has 0 aliphatic carbocycles. The van der Waals surface area contributed by atoms with Gasteiger partial charge in [0.1, 0.15) is 35.9 Å². The van der Waals surface area contributed by atoms with Gasteiger partial charge in [-0.3, -0.25) is 14.0 Å². The van der Waals surface area contributed by atoms with E-state index in [9.17, 15) is 9.90 Å². The van der Waals surface area contributed by atoms with Crippen LogP contribution in [0, 0.1) is 0 Å². The molecule has 0 radical (unpaired) electrons. The van der Waals surface area contributed by atoms with Crippen LogP contribution in [0.1, 0.15) is 0 Å². The molecule has 0 amide bonds. The van der Waals surface area contributed by atoms with Crippen LogP contribution in [-0.2, 0) is 13.6 Å². The van der Waals surface area contributed by atoms with Crippen molar-refractivity contribution in [2.45, 2.75) is 12.6 Å². The highest BCUT2D eigenvalue weighted by atomic mass is 16.5. The minimum Gasteiger partial charge on any atom is -0.497 e. The van der Waals surface area contributed by atoms with Gasteiger partial charge in [0.2, 0.25) is 0 Å². The Hall–Kier alpha value is -2.87. The van der Waals surface area contributed by atoms with E-state index in [0.29, 0.717) is 16.8 Å². The van der Waals surface area contributed by atoms with E-state index in [-0.39, 0.29) is 18.7 Å². The van der Waals surface area contributed by atoms with E-state index in [1.807, 2.05) is 0 Å². The Balaban J connectivity index is 1.65. The van der Waals surface area contributed by atoms with Gasteiger partial charge in [0.05, 0.1) is 19.9 Å². The van der Waals surface area contributed by atoms with Gasteiger partial charge >= 0.3 is 0 Å². The van der Waals surface area contributed by atoms with E-state index in [4.69, 9.17) is 9.47 Å². The number of aryl methyl sites for hydroxylation is 1. The second-order valence-electron chi connectivity index (χ2n) is 5.35. The first-order chi connectivity index (χ1) is 11.6. The van der Waals surface area contributed by atoms with E-state index in [1.54, 1.807) is 38.4 Å². The van der Waals surface area contributed by atoms with Gasteiger partial charge in [0.25, 0.3) is 5.56 Å². The second kappa shape index (κ2) is 6.71. The maximum absolute atomic E-state index is 12.3. The normalized spacial score (nSPS) is 12.3. The molecule has 0 spiro atoms. The molecule has 0 bridgehead atoms. The Morgan fingerprint density at radius 1 is 1.25 bits per heavy atom. The highest BCUT2D eigenvalue weighted by Gasteiger charge is 2.12. The van der Waals surface area contributed by atoms with Gasteiger partial charge in [-0.15, -0.1) is 0 Å². The summed E-state index contributed by atoms with van der Waals surface area (Å²) in [6, 6.07) is 7.04. The molecule has 0 unspecified atom stereocenters. The topological polar surface area (TPSA) is 91.4 Å². The minimum atomic E-state index is -0.847. The standard InChI is InChI=1S/C16H18N4O4/c1-19-15-14(7-18-19)16(22)20(10-17-15)8-11(21)9-24-13-5-3-12(23-2)4-6-13/h3-7,10-11,21H,8-9H2,1-2H3/t11-/m1/s1. The summed E-state index contributed by atoms with van der Waals surface area (Å²) < 4.78 is 13.5. The Labute approximate surface area is 137 Å². The zero-order chi connectivity index (χ0) is 17.1. The Kier molecular flexibility index (Phi) is 4.48. The first-order valence-electron chi connectivity index (χ1n) is 7.40. The van der Waals surface area contributed by atoms with Crippen LogP contribution in [0.5, 0.6) is 11.5 Å². The van der Waals surface area contributed by atoms with Crippen molar-refractivity contribution in [3.63, 3.8) is 0 Å². The van der Waals surface area contributed by atoms with E-state index in [2.05, 4.69) is 10.1 Å². The predicted octanol–water partition coefficient (Wildman–Crippen LogP) is 0.579. The second-order valence-corrected chi connectivity index (χ2v) is 5.35. The Morgan fingerprint density at radius 3 is 2.67 bits per heavy atom. The fraction of sp³-hybridized carbons (Fsp3) is 0.312. The molecule has 8 nitrogen and oxygen atoms in total. The van der Waals surface area contributed by atoms with Gasteiger partial charge in [0, 0.05) is 7.05 Å². The quantitative estimate of drug-likeness (QED) is 0.711. The largest absolute Gasteiger partial charge is 0.497 e. The molecule has 0 aliphatic heterocycles. The van der Waals surface area contributed by atoms with Gasteiger partial charge in [0.15, 0.2) is 5.65 Å². The molecule has 1 atom stereocenters. The molecule has 1 aromatic carbocycles. The molecule has 3 aromatic rings. The highest BCUT2D eigenvalue weighted by Crippen LogP contribution is 2.17. The molecular weight excluding hydrogens is 312 g/mol. The van der Waals surface area contributed by atoms with Crippen LogP contribution < -0.4 is 15.0 Å². The number of fused-ring (bicyclic) bond motifs is 1. The van der Waals surface area contributed by atoms with Gasteiger partial charge < -0.3 is 14.6 Å². The van der Waals surface area contributed by atoms with Crippen LogP contribution >= 0.6 is 0 Å². The summed E-state index contributed by atoms with van der Waals surface area (Å²) in [6.07, 6.45) is 2.03. The lowest BCUT2D eigenvalue weighted by Crippen LogP contribution is -2.30. The molecule has 0 aliphatic rings. The number of benzene rings is 1. The Morgan fingerprint density at radius 2 is 1.96 bits per heavy atom. The summed E-state index contributed by atoms with van der Waals surface area (Å²) in [4.78, 5) is 16.5. The van der Waals surface area contributed by atoms with Crippen molar-refractivity contribution in [2.24, 2.45) is 7.05 Å². The van der Waals surface area contributed by atoms with Crippen LogP contribution in [0.25, 0.3) is 11.0 Å². The monoisotopic (exact) mass is 330 g/mol. The van der Waals surface area contributed by atoms with Gasteiger partial charge in [-0.05, 0) is 24.3 Å². The summed E-state index contributed by atoms with van der Waals surface area (Å²) in [5.41, 5.74) is 0.275. The third kappa shape index (κ3) is 3.23. The number of aromatic nitrogens is 4. The molecule has 0 saturated heterocycles. The van der Waals surface area contributed by atoms with E-state index < -0.39 is 6.10 Å². The van der Waals surface area contributed by atoms with Crippen LogP contribution in [0.4, 0.5) is 0 Å². The molecule has 24 heavy (non-hydrogen) atoms. The molecule has 8 heteroatoms. The summed E-state index contributed by atoms with van der Waals surface area (Å²) >= 11 is 0. The number of hydrogen-bond acceptors (Lipinski definition) is 6. The van der Waals surface area contributed by atoms with Gasteiger partial charge in [-0.25, -0.2) is 4.98 Å². The molecule has 2 aromatic heterocycles. The van der Waals surface area contributed by atoms with E-state index >= 15 is 0 Å². The molecule has 0 fully saturated rings. The minimum absolute atomic E-state index is 0.0594. The Bertz CT molecular complexity index is 885. The van der Waals surface area contributed by atoms with Gasteiger partial charge in [-0.2, -0.15) is 5.10 Å². The lowest BCUT2D eigenvalue weighted by molar-refractivity contribution is 0.0914. The number of nitrogens with zero attached hydrogens (tertiary/aromatic N) is 4. The highest BCUT2D eigenvalue weighted by molar-refractivity contribution is 5.72. The van der Waals surface area contributed by atoms with Crippen molar-refractivity contribution >= 4 is 11.0 Å². The maximum atomic E-state index is 12.3. The summed E-state index contributed by atoms with van der Waals surface area (Å²) in [7, 11) is 3.31. The number of methoxy groups -OCH3 is 1. The number of ether oxygens (including phenoxy) is 2. The van der Waals surface area contributed by atoms with Crippen molar-refractivity contribution in [3.05, 3.63) is 47.1 Å². The zero-order valence-corrected chi connectivity index (χ0v) is 13.4. The number of aliphatic hydroxyl groups excluding tert-OH is 1. The fourth-order valence-corrected chi connectivity index (χ4v) is 2.34. The third-order valence-electron chi connectivity index (χ3n) is 3.63. The first kappa shape index (κ1) is 16.0. The average molecular weight is 330 g/mol. The number of rotatable bonds is 6. The zero-order valence-electron chi connectivity index (χ0n) is 13.4. The van der Waals surface area contributed by atoms with Crippen molar-refractivity contribution in [1.82, 2.24) is 19.3 Å². The van der Waals surface area contributed by atoms with Crippen molar-refractivity contribution < 1.29 is 14.6 Å². The summed E-state index contributed by atoms with van der Waals surface area (Å²) in [5, 5.41) is 14.5. The number of hydrogen-bond donors (Lipinski definition) is 1. The number of aliphatic hydroxyl groups is 1. The van der Waals surface area contributed by atoms with Gasteiger partial charge in [-0.1, -0.05) is 0 Å². The molecular formula is C16H18N4O4. The molecule has 2 heterocycles. The molecule has 126 valence electrons. The fourth-order valence-electron chi connectivity index (χ4n) is 2.34. The van der Waals surface area contributed by atoms with E-state index in [0.717, 1.165) is 5.75 Å². The summed E-state index contributed by atoms with van der Waals surface area (Å²) in [6.45, 7) is 0.149. The smallest absolute Gasteiger partial charge is 0.264 e. The molecule has 1 N–H and O–H groups in total. The molecule has 0 saturated carbocycles. The maximum Gasteiger partial charge on any atom is 0.264 e. The van der Waals surface area contributed by atoms with Crippen LogP contribution in [0.2, 0.25) is 0 Å². The van der Waals surface area contributed by atoms with Crippen LogP contribution in [0.3, 0.4) is 0 Å². The first-order valence-corrected chi connectivity index (χ1v) is 7.40. The van der Waals surface area contributed by atoms with Crippen molar-refractivity contribution in [2.75, 3.05) is 13.7 Å². The SMILES string of the molecule is COc1ccc(OC[C@H](O)Cn2cnc3c(cnn3C)c2=O)cc1. The molecule has 3 rings (SSSR count). The average Bonchev–Trinajstić information content (AvgIpc) is 2.98. The van der Waals surface area contributed by atoms with Crippen molar-refractivity contribution in [3.8, 4) is 11.5 Å². The van der Waals surface area contributed by atoms with Crippen LogP contribution in [-0.4, -0.2) is 44.3 Å². The van der Waals surface area contributed by atoms with Crippen molar-refractivity contribution in [1.29, 1.82) is 0 Å².